The maximum absolute atomic E-state index is 12.4. The van der Waals surface area contributed by atoms with Crippen LogP contribution in [0, 0.1) is 11.8 Å². The minimum atomic E-state index is -4.25. The monoisotopic (exact) mass is 277 g/mol. The number of nitrogens with two attached hydrogens (primary N) is 1. The molecule has 18 heavy (non-hydrogen) atoms. The summed E-state index contributed by atoms with van der Waals surface area (Å²) in [5.41, 5.74) is 5.63. The molecule has 0 spiro atoms. The Morgan fingerprint density at radius 3 is 1.83 bits per heavy atom. The smallest absolute Gasteiger partial charge is 0.327 e. The van der Waals surface area contributed by atoms with Gasteiger partial charge >= 0.3 is 12.4 Å². The lowest BCUT2D eigenvalue weighted by molar-refractivity contribution is -0.184. The highest BCUT2D eigenvalue weighted by atomic mass is 19.4. The van der Waals surface area contributed by atoms with Crippen molar-refractivity contribution in [3.63, 3.8) is 0 Å². The van der Waals surface area contributed by atoms with E-state index in [-0.39, 0.29) is 38.0 Å². The molecule has 0 heterocycles. The second-order valence-corrected chi connectivity index (χ2v) is 4.97. The molecule has 0 aromatic carbocycles. The van der Waals surface area contributed by atoms with Crippen LogP contribution in [0.1, 0.15) is 38.5 Å². The zero-order valence-corrected chi connectivity index (χ0v) is 9.82. The van der Waals surface area contributed by atoms with Gasteiger partial charge in [0.25, 0.3) is 0 Å². The van der Waals surface area contributed by atoms with Crippen LogP contribution in [0.25, 0.3) is 0 Å². The van der Waals surface area contributed by atoms with Crippen molar-refractivity contribution in [1.82, 2.24) is 0 Å². The van der Waals surface area contributed by atoms with Crippen molar-refractivity contribution in [3.05, 3.63) is 0 Å². The molecule has 0 radical (unpaired) electrons. The molecule has 1 aliphatic carbocycles. The van der Waals surface area contributed by atoms with Crippen LogP contribution in [-0.2, 0) is 0 Å². The molecule has 1 unspecified atom stereocenters. The normalized spacial score (nSPS) is 28.2. The van der Waals surface area contributed by atoms with Gasteiger partial charge in [-0.15, -0.1) is 0 Å². The third kappa shape index (κ3) is 5.04. The highest BCUT2D eigenvalue weighted by molar-refractivity contribution is 4.82. The van der Waals surface area contributed by atoms with Gasteiger partial charge in [0.05, 0.1) is 5.92 Å². The summed E-state index contributed by atoms with van der Waals surface area (Å²) in [6.45, 7) is 0. The van der Waals surface area contributed by atoms with E-state index in [1.165, 1.54) is 0 Å². The standard InChI is InChI=1S/C11H17F6N/c12-10(13,14)6-5-9(18)7-1-3-8(4-2-7)11(15,16)17/h7-9H,1-6,18H2. The lowest BCUT2D eigenvalue weighted by atomic mass is 9.77. The third-order valence-electron chi connectivity index (χ3n) is 3.60. The summed E-state index contributed by atoms with van der Waals surface area (Å²) in [6, 6.07) is -0.652. The second-order valence-electron chi connectivity index (χ2n) is 4.97. The van der Waals surface area contributed by atoms with E-state index < -0.39 is 30.7 Å². The van der Waals surface area contributed by atoms with Gasteiger partial charge < -0.3 is 5.73 Å². The molecular weight excluding hydrogens is 260 g/mol. The van der Waals surface area contributed by atoms with Gasteiger partial charge in [0.1, 0.15) is 0 Å². The number of hydrogen-bond donors (Lipinski definition) is 1. The highest BCUT2D eigenvalue weighted by Crippen LogP contribution is 2.40. The molecular formula is C11H17F6N. The first-order valence-corrected chi connectivity index (χ1v) is 5.98. The summed E-state index contributed by atoms with van der Waals surface area (Å²) in [4.78, 5) is 0. The van der Waals surface area contributed by atoms with E-state index in [0.29, 0.717) is 0 Å². The molecule has 1 rings (SSSR count). The van der Waals surface area contributed by atoms with E-state index in [1.807, 2.05) is 0 Å². The summed E-state index contributed by atoms with van der Waals surface area (Å²) in [6.07, 6.45) is -9.12. The first kappa shape index (κ1) is 15.6. The molecule has 1 atom stereocenters. The van der Waals surface area contributed by atoms with Gasteiger partial charge in [-0.1, -0.05) is 0 Å². The Morgan fingerprint density at radius 2 is 1.44 bits per heavy atom. The number of alkyl halides is 6. The molecule has 7 heteroatoms. The molecule has 0 aliphatic heterocycles. The average molecular weight is 277 g/mol. The Balaban J connectivity index is 2.34. The van der Waals surface area contributed by atoms with Crippen LogP contribution in [0.4, 0.5) is 26.3 Å². The van der Waals surface area contributed by atoms with Crippen LogP contribution in [0.15, 0.2) is 0 Å². The molecule has 1 saturated carbocycles. The topological polar surface area (TPSA) is 26.0 Å². The van der Waals surface area contributed by atoms with Crippen LogP contribution in [0.5, 0.6) is 0 Å². The van der Waals surface area contributed by atoms with Gasteiger partial charge in [0.2, 0.25) is 0 Å². The summed E-state index contributed by atoms with van der Waals surface area (Å²) in [7, 11) is 0. The summed E-state index contributed by atoms with van der Waals surface area (Å²) >= 11 is 0. The van der Waals surface area contributed by atoms with Crippen LogP contribution >= 0.6 is 0 Å². The van der Waals surface area contributed by atoms with Crippen LogP contribution in [0.2, 0.25) is 0 Å². The summed E-state index contributed by atoms with van der Waals surface area (Å²) < 4.78 is 73.2. The van der Waals surface area contributed by atoms with Crippen molar-refractivity contribution in [2.75, 3.05) is 0 Å². The quantitative estimate of drug-likeness (QED) is 0.774. The molecule has 0 bridgehead atoms. The molecule has 2 N–H and O–H groups in total. The van der Waals surface area contributed by atoms with Gasteiger partial charge in [-0.2, -0.15) is 26.3 Å². The lowest BCUT2D eigenvalue weighted by Crippen LogP contribution is -2.36. The Labute approximate surface area is 102 Å². The molecule has 0 saturated heterocycles. The molecule has 108 valence electrons. The molecule has 0 amide bonds. The zero-order valence-electron chi connectivity index (χ0n) is 9.82. The molecule has 0 aromatic heterocycles. The van der Waals surface area contributed by atoms with E-state index in [9.17, 15) is 26.3 Å². The Hall–Kier alpha value is -0.460. The summed E-state index contributed by atoms with van der Waals surface area (Å²) in [5.74, 6) is -1.53. The Kier molecular flexibility index (Phi) is 4.91. The van der Waals surface area contributed by atoms with Crippen molar-refractivity contribution < 1.29 is 26.3 Å². The van der Waals surface area contributed by atoms with Crippen molar-refractivity contribution in [3.8, 4) is 0 Å². The van der Waals surface area contributed by atoms with Gasteiger partial charge in [0.15, 0.2) is 0 Å². The first-order valence-electron chi connectivity index (χ1n) is 5.98. The third-order valence-corrected chi connectivity index (χ3v) is 3.60. The van der Waals surface area contributed by atoms with Crippen LogP contribution < -0.4 is 5.73 Å². The van der Waals surface area contributed by atoms with E-state index in [2.05, 4.69) is 0 Å². The maximum atomic E-state index is 12.4. The van der Waals surface area contributed by atoms with Gasteiger partial charge in [-0.05, 0) is 38.0 Å². The Bertz CT molecular complexity index is 251. The second kappa shape index (κ2) is 5.67. The average Bonchev–Trinajstić information content (AvgIpc) is 2.24. The Morgan fingerprint density at radius 1 is 0.944 bits per heavy atom. The first-order chi connectivity index (χ1) is 8.09. The fraction of sp³-hybridized carbons (Fsp3) is 1.00. The lowest BCUT2D eigenvalue weighted by Gasteiger charge is -2.33. The van der Waals surface area contributed by atoms with E-state index in [4.69, 9.17) is 5.73 Å². The van der Waals surface area contributed by atoms with E-state index in [0.717, 1.165) is 0 Å². The minimum Gasteiger partial charge on any atom is -0.327 e. The number of halogens is 6. The number of rotatable bonds is 3. The largest absolute Gasteiger partial charge is 0.391 e. The fourth-order valence-electron chi connectivity index (χ4n) is 2.44. The van der Waals surface area contributed by atoms with Crippen molar-refractivity contribution in [2.45, 2.75) is 56.9 Å². The van der Waals surface area contributed by atoms with Crippen molar-refractivity contribution in [1.29, 1.82) is 0 Å². The zero-order chi connectivity index (χ0) is 14.0. The molecule has 1 fully saturated rings. The highest BCUT2D eigenvalue weighted by Gasteiger charge is 2.42. The number of hydrogen-bond acceptors (Lipinski definition) is 1. The van der Waals surface area contributed by atoms with Gasteiger partial charge in [-0.3, -0.25) is 0 Å². The SMILES string of the molecule is NC(CCC(F)(F)F)C1CCC(C(F)(F)F)CC1. The molecule has 0 aromatic rings. The van der Waals surface area contributed by atoms with Crippen molar-refractivity contribution >= 4 is 0 Å². The predicted octanol–water partition coefficient (Wildman–Crippen LogP) is 4.02. The van der Waals surface area contributed by atoms with Gasteiger partial charge in [0, 0.05) is 12.5 Å². The molecule has 1 nitrogen and oxygen atoms in total. The van der Waals surface area contributed by atoms with E-state index in [1.54, 1.807) is 0 Å². The minimum absolute atomic E-state index is 0.0200. The van der Waals surface area contributed by atoms with Crippen molar-refractivity contribution in [2.24, 2.45) is 17.6 Å². The summed E-state index contributed by atoms with van der Waals surface area (Å²) in [5, 5.41) is 0. The van der Waals surface area contributed by atoms with Crippen LogP contribution in [-0.4, -0.2) is 18.4 Å². The fourth-order valence-corrected chi connectivity index (χ4v) is 2.44. The molecule has 1 aliphatic rings. The van der Waals surface area contributed by atoms with Gasteiger partial charge in [-0.25, -0.2) is 0 Å². The van der Waals surface area contributed by atoms with Crippen LogP contribution in [0.3, 0.4) is 0 Å². The van der Waals surface area contributed by atoms with E-state index >= 15 is 0 Å². The maximum Gasteiger partial charge on any atom is 0.391 e. The predicted molar refractivity (Wildman–Crippen MR) is 54.8 cm³/mol.